The number of aryl methyl sites for hydroxylation is 2. The molecule has 0 aliphatic rings. The third kappa shape index (κ3) is 3.25. The number of methoxy groups -OCH3 is 2. The first-order valence-corrected chi connectivity index (χ1v) is 11.0. The van der Waals surface area contributed by atoms with Gasteiger partial charge in [0.05, 0.1) is 35.8 Å². The Balaban J connectivity index is 1.61. The number of halogens is 1. The van der Waals surface area contributed by atoms with Crippen molar-refractivity contribution in [1.82, 2.24) is 9.38 Å². The molecule has 0 aliphatic heterocycles. The van der Waals surface area contributed by atoms with Crippen molar-refractivity contribution in [3.63, 3.8) is 0 Å². The topological polar surface area (TPSA) is 66.0 Å². The lowest BCUT2D eigenvalue weighted by Crippen LogP contribution is -2.22. The molecule has 0 unspecified atom stereocenters. The first kappa shape index (κ1) is 20.6. The zero-order chi connectivity index (χ0) is 22.6. The zero-order valence-corrected chi connectivity index (χ0v) is 19.4. The fourth-order valence-electron chi connectivity index (χ4n) is 3.68. The molecule has 3 aromatic heterocycles. The molecule has 3 heterocycles. The smallest absolute Gasteiger partial charge is 0.275 e. The molecule has 0 fully saturated rings. The van der Waals surface area contributed by atoms with Crippen molar-refractivity contribution in [2.45, 2.75) is 13.8 Å². The molecular weight excluding hydrogens is 448 g/mol. The summed E-state index contributed by atoms with van der Waals surface area (Å²) >= 11 is 7.54. The summed E-state index contributed by atoms with van der Waals surface area (Å²) in [6.07, 6.45) is 1.73. The number of aromatic nitrogens is 2. The van der Waals surface area contributed by atoms with Crippen LogP contribution >= 0.6 is 22.9 Å². The average molecular weight is 467 g/mol. The molecule has 0 saturated heterocycles. The van der Waals surface area contributed by atoms with Crippen molar-refractivity contribution in [1.29, 1.82) is 0 Å². The highest BCUT2D eigenvalue weighted by molar-refractivity contribution is 7.15. The summed E-state index contributed by atoms with van der Waals surface area (Å²) in [7, 11) is 3.12. The molecule has 2 aromatic carbocycles. The van der Waals surface area contributed by atoms with Crippen molar-refractivity contribution < 1.29 is 13.9 Å². The second-order valence-electron chi connectivity index (χ2n) is 7.46. The fourth-order valence-corrected chi connectivity index (χ4v) is 4.87. The molecule has 0 bridgehead atoms. The van der Waals surface area contributed by atoms with E-state index in [1.165, 1.54) is 11.3 Å². The van der Waals surface area contributed by atoms with E-state index in [1.54, 1.807) is 36.8 Å². The van der Waals surface area contributed by atoms with E-state index < -0.39 is 0 Å². The van der Waals surface area contributed by atoms with Crippen LogP contribution in [0.5, 0.6) is 11.5 Å². The quantitative estimate of drug-likeness (QED) is 0.372. The summed E-state index contributed by atoms with van der Waals surface area (Å²) in [5.41, 5.74) is 4.51. The Kier molecular flexibility index (Phi) is 4.95. The van der Waals surface area contributed by atoms with Gasteiger partial charge in [-0.3, -0.25) is 4.79 Å². The van der Waals surface area contributed by atoms with Crippen molar-refractivity contribution in [3.8, 4) is 22.8 Å². The first-order chi connectivity index (χ1) is 15.4. The largest absolute Gasteiger partial charge is 0.496 e. The van der Waals surface area contributed by atoms with E-state index in [4.69, 9.17) is 25.5 Å². The molecule has 0 amide bonds. The summed E-state index contributed by atoms with van der Waals surface area (Å²) < 4.78 is 19.0. The maximum Gasteiger partial charge on any atom is 0.275 e. The number of hydrogen-bond acceptors (Lipinski definition) is 6. The molecule has 5 aromatic rings. The second-order valence-corrected chi connectivity index (χ2v) is 8.88. The van der Waals surface area contributed by atoms with Gasteiger partial charge in [-0.25, -0.2) is 9.38 Å². The maximum absolute atomic E-state index is 13.1. The van der Waals surface area contributed by atoms with Gasteiger partial charge >= 0.3 is 0 Å². The monoisotopic (exact) mass is 466 g/mol. The van der Waals surface area contributed by atoms with Crippen molar-refractivity contribution >= 4 is 45.0 Å². The Morgan fingerprint density at radius 1 is 1.06 bits per heavy atom. The number of hydrogen-bond donors (Lipinski definition) is 0. The van der Waals surface area contributed by atoms with Gasteiger partial charge in [0.2, 0.25) is 0 Å². The Morgan fingerprint density at radius 3 is 2.56 bits per heavy atom. The van der Waals surface area contributed by atoms with Crippen LogP contribution in [0.25, 0.3) is 33.4 Å². The molecule has 5 rings (SSSR count). The molecule has 162 valence electrons. The standard InChI is InChI=1S/C24H19ClN2O4S/c1-12-7-17-18(8-13(12)2)27-23(28)22(32-24(27)26-17)9-14-5-6-19(31-14)15-10-21(30-4)16(25)11-20(15)29-3/h5-11H,1-4H3/b22-9-. The molecule has 0 saturated carbocycles. The number of thiazole rings is 1. The second kappa shape index (κ2) is 7.69. The number of ether oxygens (including phenoxy) is 2. The molecule has 0 spiro atoms. The lowest BCUT2D eigenvalue weighted by molar-refractivity contribution is 0.403. The van der Waals surface area contributed by atoms with Crippen LogP contribution in [0.4, 0.5) is 0 Å². The summed E-state index contributed by atoms with van der Waals surface area (Å²) in [6, 6.07) is 11.1. The van der Waals surface area contributed by atoms with E-state index in [0.717, 1.165) is 22.2 Å². The number of furan rings is 1. The van der Waals surface area contributed by atoms with E-state index in [2.05, 4.69) is 4.98 Å². The summed E-state index contributed by atoms with van der Waals surface area (Å²) in [4.78, 5) is 18.4. The highest BCUT2D eigenvalue weighted by Gasteiger charge is 2.16. The summed E-state index contributed by atoms with van der Waals surface area (Å²) in [5.74, 6) is 2.21. The highest BCUT2D eigenvalue weighted by atomic mass is 35.5. The SMILES string of the molecule is COc1cc(-c2ccc(/C=c3\sc4nc5cc(C)c(C)cc5n4c3=O)o2)c(OC)cc1Cl. The minimum absolute atomic E-state index is 0.112. The van der Waals surface area contributed by atoms with Crippen LogP contribution in [-0.4, -0.2) is 23.6 Å². The molecule has 0 atom stereocenters. The van der Waals surface area contributed by atoms with E-state index in [-0.39, 0.29) is 5.56 Å². The molecular formula is C24H19ClN2O4S. The van der Waals surface area contributed by atoms with Crippen LogP contribution < -0.4 is 19.6 Å². The zero-order valence-electron chi connectivity index (χ0n) is 17.9. The average Bonchev–Trinajstić information content (AvgIpc) is 3.44. The van der Waals surface area contributed by atoms with Crippen molar-refractivity contribution in [2.24, 2.45) is 0 Å². The normalized spacial score (nSPS) is 12.2. The van der Waals surface area contributed by atoms with Crippen LogP contribution in [0.2, 0.25) is 5.02 Å². The highest BCUT2D eigenvalue weighted by Crippen LogP contribution is 2.39. The minimum atomic E-state index is -0.112. The third-order valence-electron chi connectivity index (χ3n) is 5.49. The van der Waals surface area contributed by atoms with E-state index in [1.807, 2.05) is 38.1 Å². The molecule has 0 aliphatic carbocycles. The van der Waals surface area contributed by atoms with Crippen LogP contribution in [0.1, 0.15) is 16.9 Å². The number of fused-ring (bicyclic) bond motifs is 3. The molecule has 0 radical (unpaired) electrons. The van der Waals surface area contributed by atoms with Gasteiger partial charge in [-0.15, -0.1) is 0 Å². The lowest BCUT2D eigenvalue weighted by Gasteiger charge is -2.10. The van der Waals surface area contributed by atoms with Crippen molar-refractivity contribution in [3.05, 3.63) is 73.2 Å². The maximum atomic E-state index is 13.1. The van der Waals surface area contributed by atoms with Crippen LogP contribution in [-0.2, 0) is 0 Å². The minimum Gasteiger partial charge on any atom is -0.496 e. The Morgan fingerprint density at radius 2 is 1.81 bits per heavy atom. The molecule has 8 heteroatoms. The van der Waals surface area contributed by atoms with Crippen LogP contribution in [0.15, 0.2) is 45.6 Å². The summed E-state index contributed by atoms with van der Waals surface area (Å²) in [5, 5.41) is 0.446. The Labute approximate surface area is 192 Å². The van der Waals surface area contributed by atoms with Crippen molar-refractivity contribution in [2.75, 3.05) is 14.2 Å². The van der Waals surface area contributed by atoms with Gasteiger partial charge in [-0.05, 0) is 55.3 Å². The van der Waals surface area contributed by atoms with E-state index in [9.17, 15) is 4.79 Å². The van der Waals surface area contributed by atoms with Gasteiger partial charge in [0.25, 0.3) is 5.56 Å². The fraction of sp³-hybridized carbons (Fsp3) is 0.167. The number of imidazole rings is 1. The molecule has 32 heavy (non-hydrogen) atoms. The van der Waals surface area contributed by atoms with Gasteiger partial charge in [-0.2, -0.15) is 0 Å². The van der Waals surface area contributed by atoms with Gasteiger partial charge in [0, 0.05) is 12.1 Å². The number of nitrogens with zero attached hydrogens (tertiary/aromatic N) is 2. The number of benzene rings is 2. The molecule has 0 N–H and O–H groups in total. The van der Waals surface area contributed by atoms with Crippen LogP contribution in [0, 0.1) is 13.8 Å². The predicted molar refractivity (Wildman–Crippen MR) is 127 cm³/mol. The molecule has 6 nitrogen and oxygen atoms in total. The third-order valence-corrected chi connectivity index (χ3v) is 6.76. The van der Waals surface area contributed by atoms with Gasteiger partial charge in [0.1, 0.15) is 27.6 Å². The number of rotatable bonds is 4. The van der Waals surface area contributed by atoms with Crippen LogP contribution in [0.3, 0.4) is 0 Å². The van der Waals surface area contributed by atoms with E-state index in [0.29, 0.717) is 43.1 Å². The predicted octanol–water partition coefficient (Wildman–Crippen LogP) is 5.00. The first-order valence-electron chi connectivity index (χ1n) is 9.85. The Hall–Kier alpha value is -3.29. The van der Waals surface area contributed by atoms with Gasteiger partial charge < -0.3 is 13.9 Å². The van der Waals surface area contributed by atoms with E-state index >= 15 is 0 Å². The Bertz CT molecular complexity index is 1610. The summed E-state index contributed by atoms with van der Waals surface area (Å²) in [6.45, 7) is 4.07. The lowest BCUT2D eigenvalue weighted by atomic mass is 10.1. The van der Waals surface area contributed by atoms with Gasteiger partial charge in [-0.1, -0.05) is 22.9 Å². The van der Waals surface area contributed by atoms with Gasteiger partial charge in [0.15, 0.2) is 4.96 Å².